The van der Waals surface area contributed by atoms with Gasteiger partial charge in [0.15, 0.2) is 0 Å². The van der Waals surface area contributed by atoms with Crippen LogP contribution in [0.25, 0.3) is 0 Å². The highest BCUT2D eigenvalue weighted by molar-refractivity contribution is 7.17. The van der Waals surface area contributed by atoms with Gasteiger partial charge in [-0.25, -0.2) is 0 Å². The maximum atomic E-state index is 12.6. The zero-order valence-corrected chi connectivity index (χ0v) is 15.4. The molecule has 0 fully saturated rings. The third-order valence-electron chi connectivity index (χ3n) is 4.53. The van der Waals surface area contributed by atoms with Gasteiger partial charge in [-0.2, -0.15) is 0 Å². The van der Waals surface area contributed by atoms with Crippen molar-refractivity contribution < 1.29 is 19.4 Å². The number of carbonyl (C=O) groups excluding carboxylic acids is 2. The average Bonchev–Trinajstić information content (AvgIpc) is 2.82. The van der Waals surface area contributed by atoms with E-state index in [-0.39, 0.29) is 16.1 Å². The number of nitro groups is 2. The van der Waals surface area contributed by atoms with E-state index < -0.39 is 33.0 Å². The lowest BCUT2D eigenvalue weighted by molar-refractivity contribution is -0.394. The zero-order chi connectivity index (χ0) is 20.4. The van der Waals surface area contributed by atoms with Crippen molar-refractivity contribution in [1.29, 1.82) is 0 Å². The molecule has 1 aliphatic rings. The van der Waals surface area contributed by atoms with E-state index in [0.29, 0.717) is 6.42 Å². The Morgan fingerprint density at radius 2 is 1.79 bits per heavy atom. The van der Waals surface area contributed by atoms with Gasteiger partial charge in [0.05, 0.1) is 21.5 Å². The molecule has 0 aliphatic heterocycles. The largest absolute Gasteiger partial charge is 0.365 e. The summed E-state index contributed by atoms with van der Waals surface area (Å²) >= 11 is 1.24. The van der Waals surface area contributed by atoms with Gasteiger partial charge in [0.25, 0.3) is 23.2 Å². The zero-order valence-electron chi connectivity index (χ0n) is 14.6. The van der Waals surface area contributed by atoms with Gasteiger partial charge < -0.3 is 11.1 Å². The fourth-order valence-electron chi connectivity index (χ4n) is 3.24. The Balaban J connectivity index is 1.99. The van der Waals surface area contributed by atoms with Gasteiger partial charge in [0.1, 0.15) is 10.6 Å². The third kappa shape index (κ3) is 3.69. The van der Waals surface area contributed by atoms with Crippen molar-refractivity contribution in [2.24, 2.45) is 5.73 Å². The number of hydrogen-bond acceptors (Lipinski definition) is 7. The summed E-state index contributed by atoms with van der Waals surface area (Å²) in [5.74, 6) is -1.51. The van der Waals surface area contributed by atoms with Crippen molar-refractivity contribution in [2.75, 3.05) is 5.32 Å². The topological polar surface area (TPSA) is 158 Å². The van der Waals surface area contributed by atoms with Crippen molar-refractivity contribution in [3.05, 3.63) is 60.0 Å². The summed E-state index contributed by atoms with van der Waals surface area (Å²) in [6, 6.07) is 2.77. The molecule has 2 amide bonds. The second kappa shape index (κ2) is 7.72. The summed E-state index contributed by atoms with van der Waals surface area (Å²) in [7, 11) is 0. The normalized spacial score (nSPS) is 13.3. The number of nitrogens with one attached hydrogen (secondary N) is 1. The maximum Gasteiger partial charge on any atom is 0.289 e. The van der Waals surface area contributed by atoms with E-state index in [4.69, 9.17) is 5.73 Å². The molecule has 10 nitrogen and oxygen atoms in total. The second-order valence-electron chi connectivity index (χ2n) is 6.30. The monoisotopic (exact) mass is 404 g/mol. The number of anilines is 1. The van der Waals surface area contributed by atoms with E-state index in [1.807, 2.05) is 0 Å². The Kier molecular flexibility index (Phi) is 5.36. The molecule has 1 aromatic carbocycles. The molecule has 0 atom stereocenters. The summed E-state index contributed by atoms with van der Waals surface area (Å²) < 4.78 is 0. The van der Waals surface area contributed by atoms with Gasteiger partial charge in [-0.15, -0.1) is 11.3 Å². The van der Waals surface area contributed by atoms with Crippen molar-refractivity contribution in [3.63, 3.8) is 0 Å². The number of benzene rings is 1. The molecule has 1 heterocycles. The molecule has 28 heavy (non-hydrogen) atoms. The SMILES string of the molecule is NC(=O)c1c(NC(=O)c2ccc([N+](=O)[O-])cc2[N+](=O)[O-])sc2c1CCCCC2. The van der Waals surface area contributed by atoms with Crippen molar-refractivity contribution in [2.45, 2.75) is 32.1 Å². The Hall–Kier alpha value is -3.34. The molecular formula is C17H16N4O6S. The quantitative estimate of drug-likeness (QED) is 0.442. The van der Waals surface area contributed by atoms with Crippen molar-refractivity contribution in [3.8, 4) is 0 Å². The summed E-state index contributed by atoms with van der Waals surface area (Å²) in [6.07, 6.45) is 4.36. The summed E-state index contributed by atoms with van der Waals surface area (Å²) in [6.45, 7) is 0. The van der Waals surface area contributed by atoms with Crippen LogP contribution in [0.3, 0.4) is 0 Å². The first-order valence-electron chi connectivity index (χ1n) is 8.48. The number of non-ortho nitro benzene ring substituents is 1. The average molecular weight is 404 g/mol. The van der Waals surface area contributed by atoms with E-state index in [2.05, 4.69) is 5.32 Å². The molecule has 1 aromatic heterocycles. The molecule has 0 bridgehead atoms. The number of nitrogens with two attached hydrogens (primary N) is 1. The van der Waals surface area contributed by atoms with Gasteiger partial charge in [-0.3, -0.25) is 29.8 Å². The number of nitro benzene ring substituents is 2. The number of rotatable bonds is 5. The minimum atomic E-state index is -0.861. The number of aryl methyl sites for hydroxylation is 1. The Morgan fingerprint density at radius 3 is 2.43 bits per heavy atom. The minimum absolute atomic E-state index is 0.236. The molecule has 2 aromatic rings. The molecule has 3 N–H and O–H groups in total. The van der Waals surface area contributed by atoms with Gasteiger partial charge in [0.2, 0.25) is 0 Å². The smallest absolute Gasteiger partial charge is 0.289 e. The first-order valence-corrected chi connectivity index (χ1v) is 9.29. The van der Waals surface area contributed by atoms with Crippen LogP contribution in [0.4, 0.5) is 16.4 Å². The van der Waals surface area contributed by atoms with Crippen LogP contribution in [0.1, 0.15) is 50.4 Å². The number of primary amides is 1. The number of nitrogens with zero attached hydrogens (tertiary/aromatic N) is 2. The van der Waals surface area contributed by atoms with E-state index in [1.54, 1.807) is 0 Å². The molecule has 146 valence electrons. The predicted octanol–water partition coefficient (Wildman–Crippen LogP) is 3.18. The highest BCUT2D eigenvalue weighted by atomic mass is 32.1. The highest BCUT2D eigenvalue weighted by Crippen LogP contribution is 2.38. The fourth-order valence-corrected chi connectivity index (χ4v) is 4.53. The number of hydrogen-bond donors (Lipinski definition) is 2. The second-order valence-corrected chi connectivity index (χ2v) is 7.41. The van der Waals surface area contributed by atoms with Crippen molar-refractivity contribution in [1.82, 2.24) is 0 Å². The van der Waals surface area contributed by atoms with Gasteiger partial charge in [-0.1, -0.05) is 6.42 Å². The van der Waals surface area contributed by atoms with E-state index in [9.17, 15) is 29.8 Å². The molecule has 0 radical (unpaired) electrons. The first-order chi connectivity index (χ1) is 13.3. The van der Waals surface area contributed by atoms with Crippen LogP contribution < -0.4 is 11.1 Å². The van der Waals surface area contributed by atoms with Crippen LogP contribution in [0.5, 0.6) is 0 Å². The first kappa shape index (κ1) is 19.4. The van der Waals surface area contributed by atoms with Crippen LogP contribution in [0.15, 0.2) is 18.2 Å². The van der Waals surface area contributed by atoms with Crippen LogP contribution in [-0.2, 0) is 12.8 Å². The lowest BCUT2D eigenvalue weighted by atomic mass is 10.0. The molecular weight excluding hydrogens is 388 g/mol. The van der Waals surface area contributed by atoms with Crippen LogP contribution in [-0.4, -0.2) is 21.7 Å². The van der Waals surface area contributed by atoms with Crippen LogP contribution >= 0.6 is 11.3 Å². The van der Waals surface area contributed by atoms with Gasteiger partial charge in [-0.05, 0) is 37.3 Å². The molecule has 0 saturated heterocycles. The van der Waals surface area contributed by atoms with Gasteiger partial charge >= 0.3 is 0 Å². The highest BCUT2D eigenvalue weighted by Gasteiger charge is 2.28. The fraction of sp³-hybridized carbons (Fsp3) is 0.294. The Morgan fingerprint density at radius 1 is 1.07 bits per heavy atom. The lowest BCUT2D eigenvalue weighted by Gasteiger charge is -2.07. The van der Waals surface area contributed by atoms with Crippen molar-refractivity contribution >= 4 is 39.5 Å². The molecule has 0 unspecified atom stereocenters. The van der Waals surface area contributed by atoms with E-state index >= 15 is 0 Å². The maximum absolute atomic E-state index is 12.6. The summed E-state index contributed by atoms with van der Waals surface area (Å²) in [5, 5.41) is 24.9. The standard InChI is InChI=1S/C17H16N4O6S/c18-15(22)14-11-4-2-1-3-5-13(11)28-17(14)19-16(23)10-7-6-9(20(24)25)8-12(10)21(26)27/h6-8H,1-5H2,(H2,18,22)(H,19,23). The molecule has 11 heteroatoms. The summed E-state index contributed by atoms with van der Waals surface area (Å²) in [5.41, 5.74) is 5.05. The molecule has 3 rings (SSSR count). The summed E-state index contributed by atoms with van der Waals surface area (Å²) in [4.78, 5) is 46.0. The van der Waals surface area contributed by atoms with Crippen LogP contribution in [0.2, 0.25) is 0 Å². The Labute approximate surface area is 162 Å². The predicted molar refractivity (Wildman–Crippen MR) is 102 cm³/mol. The number of thiophene rings is 1. The number of amides is 2. The molecule has 0 spiro atoms. The minimum Gasteiger partial charge on any atom is -0.365 e. The third-order valence-corrected chi connectivity index (χ3v) is 5.74. The van der Waals surface area contributed by atoms with E-state index in [1.165, 1.54) is 11.3 Å². The number of fused-ring (bicyclic) bond motifs is 1. The Bertz CT molecular complexity index is 1000. The van der Waals surface area contributed by atoms with Gasteiger partial charge in [0, 0.05) is 10.9 Å². The van der Waals surface area contributed by atoms with Crippen LogP contribution in [0, 0.1) is 20.2 Å². The molecule has 1 aliphatic carbocycles. The number of carbonyl (C=O) groups is 2. The lowest BCUT2D eigenvalue weighted by Crippen LogP contribution is -2.18. The molecule has 0 saturated carbocycles. The van der Waals surface area contributed by atoms with E-state index in [0.717, 1.165) is 54.3 Å².